The molecule has 0 aliphatic carbocycles. The summed E-state index contributed by atoms with van der Waals surface area (Å²) >= 11 is 6.18. The predicted molar refractivity (Wildman–Crippen MR) is 128 cm³/mol. The van der Waals surface area contributed by atoms with Crippen molar-refractivity contribution < 1.29 is 0 Å². The normalized spacial score (nSPS) is 21.7. The summed E-state index contributed by atoms with van der Waals surface area (Å²) < 4.78 is 0. The van der Waals surface area contributed by atoms with Crippen LogP contribution in [0.4, 0.5) is 5.69 Å². The number of nitrogens with one attached hydrogen (secondary N) is 1. The van der Waals surface area contributed by atoms with Gasteiger partial charge in [0, 0.05) is 43.4 Å². The molecular formula is C26H32ClN3. The summed E-state index contributed by atoms with van der Waals surface area (Å²) in [5.74, 6) is 0. The topological polar surface area (TPSA) is 18.5 Å². The number of piperidine rings is 1. The quantitative estimate of drug-likeness (QED) is 0.673. The number of aryl methyl sites for hydroxylation is 2. The van der Waals surface area contributed by atoms with Gasteiger partial charge in [-0.25, -0.2) is 0 Å². The van der Waals surface area contributed by atoms with Gasteiger partial charge in [-0.3, -0.25) is 0 Å². The molecule has 2 aliphatic rings. The number of rotatable bonds is 5. The van der Waals surface area contributed by atoms with E-state index in [0.29, 0.717) is 12.1 Å². The van der Waals surface area contributed by atoms with Crippen LogP contribution < -0.4 is 10.2 Å². The van der Waals surface area contributed by atoms with Gasteiger partial charge in [-0.05, 0) is 73.9 Å². The highest BCUT2D eigenvalue weighted by molar-refractivity contribution is 6.30. The lowest BCUT2D eigenvalue weighted by atomic mass is 9.90. The first-order valence-electron chi connectivity index (χ1n) is 10.9. The molecule has 2 atom stereocenters. The van der Waals surface area contributed by atoms with Crippen LogP contribution in [0.2, 0.25) is 5.02 Å². The molecule has 0 radical (unpaired) electrons. The van der Waals surface area contributed by atoms with E-state index in [4.69, 9.17) is 11.6 Å². The van der Waals surface area contributed by atoms with Crippen molar-refractivity contribution in [1.82, 2.24) is 10.2 Å². The van der Waals surface area contributed by atoms with Gasteiger partial charge in [0.05, 0.1) is 6.04 Å². The van der Waals surface area contributed by atoms with Gasteiger partial charge in [-0.15, -0.1) is 0 Å². The SMILES string of the molecule is Cc1ccc(N2CCC(NCC3=CCN(C)C=C3)CC2c2ccc(Cl)cc2)c(C)c1. The van der Waals surface area contributed by atoms with Gasteiger partial charge in [0.25, 0.3) is 0 Å². The number of anilines is 1. The Labute approximate surface area is 186 Å². The summed E-state index contributed by atoms with van der Waals surface area (Å²) in [6.45, 7) is 7.37. The lowest BCUT2D eigenvalue weighted by Crippen LogP contribution is -2.45. The van der Waals surface area contributed by atoms with Crippen molar-refractivity contribution >= 4 is 17.3 Å². The van der Waals surface area contributed by atoms with Crippen molar-refractivity contribution in [3.8, 4) is 0 Å². The average molecular weight is 422 g/mol. The fourth-order valence-electron chi connectivity index (χ4n) is 4.57. The molecule has 1 saturated heterocycles. The molecule has 4 rings (SSSR count). The maximum atomic E-state index is 6.18. The largest absolute Gasteiger partial charge is 0.377 e. The van der Waals surface area contributed by atoms with Crippen molar-refractivity contribution in [3.63, 3.8) is 0 Å². The molecule has 1 fully saturated rings. The monoisotopic (exact) mass is 421 g/mol. The molecule has 2 unspecified atom stereocenters. The number of hydrogen-bond acceptors (Lipinski definition) is 3. The second-order valence-electron chi connectivity index (χ2n) is 8.69. The third kappa shape index (κ3) is 4.91. The van der Waals surface area contributed by atoms with Crippen LogP contribution in [-0.2, 0) is 0 Å². The Balaban J connectivity index is 1.52. The molecule has 2 aromatic carbocycles. The smallest absolute Gasteiger partial charge is 0.0557 e. The molecule has 0 aromatic heterocycles. The van der Waals surface area contributed by atoms with Gasteiger partial charge in [-0.2, -0.15) is 0 Å². The maximum absolute atomic E-state index is 6.18. The molecule has 0 bridgehead atoms. The summed E-state index contributed by atoms with van der Waals surface area (Å²) in [4.78, 5) is 4.79. The Kier molecular flexibility index (Phi) is 6.50. The second kappa shape index (κ2) is 9.28. The van der Waals surface area contributed by atoms with Crippen LogP contribution in [0.25, 0.3) is 0 Å². The Morgan fingerprint density at radius 2 is 1.90 bits per heavy atom. The Morgan fingerprint density at radius 3 is 2.60 bits per heavy atom. The molecule has 0 saturated carbocycles. The van der Waals surface area contributed by atoms with Gasteiger partial charge in [0.15, 0.2) is 0 Å². The first-order chi connectivity index (χ1) is 14.5. The van der Waals surface area contributed by atoms with Gasteiger partial charge in [-0.1, -0.05) is 47.5 Å². The van der Waals surface area contributed by atoms with E-state index in [2.05, 4.69) is 84.7 Å². The molecule has 3 nitrogen and oxygen atoms in total. The lowest BCUT2D eigenvalue weighted by molar-refractivity contribution is 0.368. The van der Waals surface area contributed by atoms with E-state index in [0.717, 1.165) is 37.5 Å². The van der Waals surface area contributed by atoms with Crippen LogP contribution in [0.3, 0.4) is 0 Å². The van der Waals surface area contributed by atoms with E-state index in [1.165, 1.54) is 28.0 Å². The molecule has 2 aliphatic heterocycles. The Hall–Kier alpha value is -2.23. The minimum absolute atomic E-state index is 0.344. The molecular weight excluding hydrogens is 390 g/mol. The molecule has 2 heterocycles. The zero-order chi connectivity index (χ0) is 21.1. The molecule has 30 heavy (non-hydrogen) atoms. The van der Waals surface area contributed by atoms with Crippen LogP contribution in [0, 0.1) is 13.8 Å². The summed E-state index contributed by atoms with van der Waals surface area (Å²) in [5, 5.41) is 4.62. The van der Waals surface area contributed by atoms with E-state index >= 15 is 0 Å². The van der Waals surface area contributed by atoms with E-state index in [-0.39, 0.29) is 0 Å². The van der Waals surface area contributed by atoms with Crippen LogP contribution in [-0.4, -0.2) is 37.6 Å². The van der Waals surface area contributed by atoms with Gasteiger partial charge in [0.1, 0.15) is 0 Å². The summed E-state index contributed by atoms with van der Waals surface area (Å²) in [5.41, 5.74) is 6.73. The second-order valence-corrected chi connectivity index (χ2v) is 9.12. The number of hydrogen-bond donors (Lipinski definition) is 1. The molecule has 158 valence electrons. The van der Waals surface area contributed by atoms with Crippen LogP contribution >= 0.6 is 11.6 Å². The summed E-state index contributed by atoms with van der Waals surface area (Å²) in [6, 6.07) is 16.1. The molecule has 4 heteroatoms. The van der Waals surface area contributed by atoms with Crippen molar-refractivity contribution in [3.05, 3.63) is 88.1 Å². The van der Waals surface area contributed by atoms with Crippen molar-refractivity contribution in [2.24, 2.45) is 0 Å². The number of halogens is 1. The van der Waals surface area contributed by atoms with Crippen molar-refractivity contribution in [2.75, 3.05) is 31.6 Å². The summed E-state index contributed by atoms with van der Waals surface area (Å²) in [6.07, 6.45) is 8.93. The minimum atomic E-state index is 0.344. The number of likely N-dealkylation sites (N-methyl/N-ethyl adjacent to an activating group) is 1. The van der Waals surface area contributed by atoms with Crippen LogP contribution in [0.1, 0.15) is 35.6 Å². The molecule has 0 amide bonds. The highest BCUT2D eigenvalue weighted by atomic mass is 35.5. The highest BCUT2D eigenvalue weighted by Gasteiger charge is 2.30. The standard InChI is InChI=1S/C26H32ClN3/c1-19-4-9-25(20(2)16-19)30-15-12-24(28-18-21-10-13-29(3)14-11-21)17-26(30)22-5-7-23(27)8-6-22/h4-11,13,16,24,26,28H,12,14-15,17-18H2,1-3H3. The summed E-state index contributed by atoms with van der Waals surface area (Å²) in [7, 11) is 2.11. The average Bonchev–Trinajstić information content (AvgIpc) is 2.74. The van der Waals surface area contributed by atoms with Gasteiger partial charge in [0.2, 0.25) is 0 Å². The van der Waals surface area contributed by atoms with Crippen LogP contribution in [0.15, 0.2) is 66.4 Å². The molecule has 2 aromatic rings. The zero-order valence-electron chi connectivity index (χ0n) is 18.2. The fourth-order valence-corrected chi connectivity index (χ4v) is 4.70. The number of benzene rings is 2. The van der Waals surface area contributed by atoms with E-state index in [1.54, 1.807) is 0 Å². The fraction of sp³-hybridized carbons (Fsp3) is 0.385. The highest BCUT2D eigenvalue weighted by Crippen LogP contribution is 2.37. The van der Waals surface area contributed by atoms with Gasteiger partial charge < -0.3 is 15.1 Å². The van der Waals surface area contributed by atoms with E-state index < -0.39 is 0 Å². The number of nitrogens with zero attached hydrogens (tertiary/aromatic N) is 2. The van der Waals surface area contributed by atoms with Crippen LogP contribution in [0.5, 0.6) is 0 Å². The first kappa shape index (κ1) is 21.0. The molecule has 1 N–H and O–H groups in total. The first-order valence-corrected chi connectivity index (χ1v) is 11.3. The third-order valence-electron chi connectivity index (χ3n) is 6.30. The van der Waals surface area contributed by atoms with Gasteiger partial charge >= 0.3 is 0 Å². The third-order valence-corrected chi connectivity index (χ3v) is 6.55. The van der Waals surface area contributed by atoms with E-state index in [9.17, 15) is 0 Å². The van der Waals surface area contributed by atoms with E-state index in [1.807, 2.05) is 12.1 Å². The zero-order valence-corrected chi connectivity index (χ0v) is 19.0. The lowest BCUT2D eigenvalue weighted by Gasteiger charge is -2.42. The Morgan fingerprint density at radius 1 is 1.10 bits per heavy atom. The van der Waals surface area contributed by atoms with Crippen molar-refractivity contribution in [1.29, 1.82) is 0 Å². The Bertz CT molecular complexity index is 932. The minimum Gasteiger partial charge on any atom is -0.377 e. The maximum Gasteiger partial charge on any atom is 0.0557 e. The molecule has 0 spiro atoms. The predicted octanol–water partition coefficient (Wildman–Crippen LogP) is 5.64. The van der Waals surface area contributed by atoms with Crippen molar-refractivity contribution in [2.45, 2.75) is 38.8 Å².